The van der Waals surface area contributed by atoms with Crippen LogP contribution in [-0.2, 0) is 0 Å². The molecule has 10 rings (SSSR count). The van der Waals surface area contributed by atoms with E-state index in [-0.39, 0.29) is 0 Å². The second kappa shape index (κ2) is 13.4. The normalized spacial score (nSPS) is 11.3. The van der Waals surface area contributed by atoms with Crippen LogP contribution in [0.4, 0.5) is 0 Å². The predicted molar refractivity (Wildman–Crippen MR) is 227 cm³/mol. The second-order valence-electron chi connectivity index (χ2n) is 13.8. The first-order valence-corrected chi connectivity index (χ1v) is 18.4. The molecular formula is C52H34N2. The molecule has 2 nitrogen and oxygen atoms in total. The van der Waals surface area contributed by atoms with Gasteiger partial charge in [0.15, 0.2) is 5.82 Å². The van der Waals surface area contributed by atoms with Crippen LogP contribution in [0.5, 0.6) is 0 Å². The molecule has 0 aliphatic carbocycles. The van der Waals surface area contributed by atoms with E-state index in [2.05, 4.69) is 206 Å². The Hall–Kier alpha value is -7.16. The van der Waals surface area contributed by atoms with Crippen molar-refractivity contribution in [2.24, 2.45) is 0 Å². The monoisotopic (exact) mass is 686 g/mol. The Morgan fingerprint density at radius 1 is 0.259 bits per heavy atom. The highest BCUT2D eigenvalue weighted by atomic mass is 14.9. The van der Waals surface area contributed by atoms with Gasteiger partial charge >= 0.3 is 0 Å². The molecule has 10 aromatic rings. The topological polar surface area (TPSA) is 25.8 Å². The fourth-order valence-corrected chi connectivity index (χ4v) is 7.87. The molecule has 9 aromatic carbocycles. The van der Waals surface area contributed by atoms with Crippen molar-refractivity contribution < 1.29 is 0 Å². The smallest absolute Gasteiger partial charge is 0.160 e. The van der Waals surface area contributed by atoms with Crippen molar-refractivity contribution in [3.8, 4) is 67.3 Å². The summed E-state index contributed by atoms with van der Waals surface area (Å²) >= 11 is 0. The molecule has 0 radical (unpaired) electrons. The lowest BCUT2D eigenvalue weighted by atomic mass is 9.92. The van der Waals surface area contributed by atoms with Gasteiger partial charge in [-0.25, -0.2) is 9.97 Å². The van der Waals surface area contributed by atoms with E-state index in [1.54, 1.807) is 0 Å². The molecule has 0 amide bonds. The predicted octanol–water partition coefficient (Wildman–Crippen LogP) is 13.9. The molecule has 54 heavy (non-hydrogen) atoms. The zero-order chi connectivity index (χ0) is 35.8. The van der Waals surface area contributed by atoms with Crippen molar-refractivity contribution in [1.29, 1.82) is 0 Å². The van der Waals surface area contributed by atoms with Crippen molar-refractivity contribution in [3.63, 3.8) is 0 Å². The van der Waals surface area contributed by atoms with Crippen molar-refractivity contribution in [1.82, 2.24) is 9.97 Å². The van der Waals surface area contributed by atoms with Gasteiger partial charge in [-0.05, 0) is 83.9 Å². The molecular weight excluding hydrogens is 653 g/mol. The number of benzene rings is 9. The minimum absolute atomic E-state index is 0.694. The van der Waals surface area contributed by atoms with E-state index in [1.807, 2.05) is 0 Å². The van der Waals surface area contributed by atoms with Gasteiger partial charge in [0, 0.05) is 16.7 Å². The summed E-state index contributed by atoms with van der Waals surface area (Å²) in [5.74, 6) is 0.694. The van der Waals surface area contributed by atoms with Crippen molar-refractivity contribution in [3.05, 3.63) is 206 Å². The van der Waals surface area contributed by atoms with Crippen LogP contribution in [0, 0.1) is 0 Å². The molecule has 252 valence electrons. The van der Waals surface area contributed by atoms with Crippen LogP contribution in [0.1, 0.15) is 0 Å². The first-order valence-electron chi connectivity index (χ1n) is 18.4. The zero-order valence-corrected chi connectivity index (χ0v) is 29.5. The Morgan fingerprint density at radius 2 is 0.759 bits per heavy atom. The quantitative estimate of drug-likeness (QED) is 0.174. The Bertz CT molecular complexity index is 2970. The highest BCUT2D eigenvalue weighted by molar-refractivity contribution is 6.06. The van der Waals surface area contributed by atoms with E-state index >= 15 is 0 Å². The third-order valence-electron chi connectivity index (χ3n) is 10.5. The maximum Gasteiger partial charge on any atom is 0.160 e. The molecule has 2 heteroatoms. The fourth-order valence-electron chi connectivity index (χ4n) is 7.87. The summed E-state index contributed by atoms with van der Waals surface area (Å²) in [5, 5.41) is 7.18. The summed E-state index contributed by atoms with van der Waals surface area (Å²) in [5.41, 5.74) is 12.0. The van der Waals surface area contributed by atoms with E-state index in [9.17, 15) is 0 Å². The second-order valence-corrected chi connectivity index (χ2v) is 13.8. The third kappa shape index (κ3) is 5.71. The van der Waals surface area contributed by atoms with Gasteiger partial charge in [0.2, 0.25) is 0 Å². The number of fused-ring (bicyclic) bond motifs is 3. The number of nitrogens with zero attached hydrogens (tertiary/aromatic N) is 2. The van der Waals surface area contributed by atoms with E-state index in [0.717, 1.165) is 44.6 Å². The lowest BCUT2D eigenvalue weighted by molar-refractivity contribution is 1.19. The molecule has 0 saturated heterocycles. The van der Waals surface area contributed by atoms with Crippen LogP contribution in [-0.4, -0.2) is 9.97 Å². The summed E-state index contributed by atoms with van der Waals surface area (Å²) in [6.07, 6.45) is 0. The molecule has 0 saturated carbocycles. The summed E-state index contributed by atoms with van der Waals surface area (Å²) in [7, 11) is 0. The molecule has 0 aliphatic heterocycles. The van der Waals surface area contributed by atoms with Gasteiger partial charge in [-0.3, -0.25) is 0 Å². The van der Waals surface area contributed by atoms with Gasteiger partial charge in [-0.1, -0.05) is 188 Å². The summed E-state index contributed by atoms with van der Waals surface area (Å²) in [4.78, 5) is 10.7. The molecule has 0 fully saturated rings. The number of aromatic nitrogens is 2. The van der Waals surface area contributed by atoms with Gasteiger partial charge < -0.3 is 0 Å². The van der Waals surface area contributed by atoms with Crippen LogP contribution in [0.15, 0.2) is 206 Å². The third-order valence-corrected chi connectivity index (χ3v) is 10.5. The average molecular weight is 687 g/mol. The Labute approximate surface area is 314 Å². The highest BCUT2D eigenvalue weighted by Gasteiger charge is 2.17. The van der Waals surface area contributed by atoms with Crippen LogP contribution < -0.4 is 0 Å². The largest absolute Gasteiger partial charge is 0.228 e. The Balaban J connectivity index is 1.17. The van der Waals surface area contributed by atoms with Gasteiger partial charge in [0.25, 0.3) is 0 Å². The molecule has 0 bridgehead atoms. The average Bonchev–Trinajstić information content (AvgIpc) is 3.26. The van der Waals surface area contributed by atoms with Crippen molar-refractivity contribution in [2.45, 2.75) is 0 Å². The van der Waals surface area contributed by atoms with E-state index in [0.29, 0.717) is 5.82 Å². The maximum atomic E-state index is 5.38. The van der Waals surface area contributed by atoms with Gasteiger partial charge in [0.05, 0.1) is 11.4 Å². The summed E-state index contributed by atoms with van der Waals surface area (Å²) < 4.78 is 0. The molecule has 0 atom stereocenters. The summed E-state index contributed by atoms with van der Waals surface area (Å²) in [6.45, 7) is 0. The van der Waals surface area contributed by atoms with Crippen LogP contribution in [0.2, 0.25) is 0 Å². The minimum atomic E-state index is 0.694. The molecule has 1 heterocycles. The Kier molecular flexibility index (Phi) is 7.85. The minimum Gasteiger partial charge on any atom is -0.228 e. The zero-order valence-electron chi connectivity index (χ0n) is 29.5. The molecule has 1 aromatic heterocycles. The molecule has 0 unspecified atom stereocenters. The van der Waals surface area contributed by atoms with Crippen LogP contribution in [0.3, 0.4) is 0 Å². The molecule has 0 spiro atoms. The summed E-state index contributed by atoms with van der Waals surface area (Å²) in [6, 6.07) is 73.4. The van der Waals surface area contributed by atoms with Gasteiger partial charge in [-0.15, -0.1) is 0 Å². The maximum absolute atomic E-state index is 5.38. The Morgan fingerprint density at radius 3 is 1.50 bits per heavy atom. The first kappa shape index (κ1) is 31.6. The highest BCUT2D eigenvalue weighted by Crippen LogP contribution is 2.40. The van der Waals surface area contributed by atoms with E-state index in [1.165, 1.54) is 49.2 Å². The number of hydrogen-bond donors (Lipinski definition) is 0. The van der Waals surface area contributed by atoms with Gasteiger partial charge in [0.1, 0.15) is 0 Å². The molecule has 0 aliphatic rings. The number of rotatable bonds is 6. The van der Waals surface area contributed by atoms with Gasteiger partial charge in [-0.2, -0.15) is 0 Å². The fraction of sp³-hybridized carbons (Fsp3) is 0. The van der Waals surface area contributed by atoms with E-state index in [4.69, 9.17) is 9.97 Å². The lowest BCUT2D eigenvalue weighted by Gasteiger charge is -2.16. The van der Waals surface area contributed by atoms with Crippen LogP contribution >= 0.6 is 0 Å². The SMILES string of the molecule is c1ccc(-c2ccccc2-c2cc(-c3cccc4cccc(-c5ccccc5)c34)nc(-c3ccc4cc(-c5cccc6ccccc56)ccc4c3)n2)cc1. The lowest BCUT2D eigenvalue weighted by Crippen LogP contribution is -1.98. The van der Waals surface area contributed by atoms with Crippen molar-refractivity contribution in [2.75, 3.05) is 0 Å². The van der Waals surface area contributed by atoms with Crippen LogP contribution in [0.25, 0.3) is 99.6 Å². The number of hydrogen-bond acceptors (Lipinski definition) is 2. The van der Waals surface area contributed by atoms with E-state index < -0.39 is 0 Å². The standard InChI is InChI=1S/C52H34N2/c1-3-14-35(15-4-1)44-23-9-10-24-47(44)49-34-50(48-27-13-21-38-20-12-26-46(51(38)48)37-16-5-2-6-17-37)54-52(53-49)42-31-29-39-32-41(30-28-40(39)33-42)45-25-11-19-36-18-7-8-22-43(36)45/h1-34H. The first-order chi connectivity index (χ1) is 26.8. The molecule has 0 N–H and O–H groups in total. The van der Waals surface area contributed by atoms with Crippen molar-refractivity contribution >= 4 is 32.3 Å².